The number of rotatable bonds is 2. The Kier molecular flexibility index (Phi) is 2.09. The molecule has 2 rings (SSSR count). The van der Waals surface area contributed by atoms with Gasteiger partial charge in [0.05, 0.1) is 4.92 Å². The number of nitrogens with zero attached hydrogens (tertiary/aromatic N) is 2. The fourth-order valence-corrected chi connectivity index (χ4v) is 1.29. The Morgan fingerprint density at radius 2 is 2.27 bits per heavy atom. The highest BCUT2D eigenvalue weighted by Crippen LogP contribution is 2.26. The third-order valence-corrected chi connectivity index (χ3v) is 2.00. The summed E-state index contributed by atoms with van der Waals surface area (Å²) in [4.78, 5) is 16.9. The molecule has 76 valence electrons. The molecule has 0 bridgehead atoms. The smallest absolute Gasteiger partial charge is 0.271 e. The van der Waals surface area contributed by atoms with Crippen LogP contribution in [-0.2, 0) is 0 Å². The van der Waals surface area contributed by atoms with E-state index in [1.807, 2.05) is 0 Å². The maximum atomic E-state index is 10.5. The number of nitro groups is 1. The number of non-ortho nitro benzene ring substituents is 1. The Labute approximate surface area is 84.9 Å². The minimum atomic E-state index is -0.484. The first-order chi connectivity index (χ1) is 7.18. The van der Waals surface area contributed by atoms with Crippen molar-refractivity contribution in [2.45, 2.75) is 0 Å². The number of nitrogens with two attached hydrogens (primary N) is 1. The summed E-state index contributed by atoms with van der Waals surface area (Å²) in [7, 11) is 0. The highest BCUT2D eigenvalue weighted by molar-refractivity contribution is 5.73. The first kappa shape index (κ1) is 9.20. The fourth-order valence-electron chi connectivity index (χ4n) is 1.29. The number of benzene rings is 1. The lowest BCUT2D eigenvalue weighted by molar-refractivity contribution is -0.384. The number of aromatic amines is 1. The second-order valence-corrected chi connectivity index (χ2v) is 2.97. The topological polar surface area (TPSA) is 97.8 Å². The van der Waals surface area contributed by atoms with Crippen LogP contribution in [0.1, 0.15) is 0 Å². The molecule has 0 radical (unpaired) electrons. The molecule has 0 aliphatic rings. The molecule has 0 saturated carbocycles. The number of hydrogen-bond donors (Lipinski definition) is 2. The lowest BCUT2D eigenvalue weighted by atomic mass is 10.1. The van der Waals surface area contributed by atoms with Gasteiger partial charge in [-0.25, -0.2) is 4.98 Å². The van der Waals surface area contributed by atoms with E-state index in [2.05, 4.69) is 9.97 Å². The monoisotopic (exact) mass is 204 g/mol. The van der Waals surface area contributed by atoms with Gasteiger partial charge in [0.25, 0.3) is 5.69 Å². The molecule has 0 aliphatic heterocycles. The Hall–Kier alpha value is -2.37. The molecule has 6 nitrogen and oxygen atoms in total. The second-order valence-electron chi connectivity index (χ2n) is 2.97. The summed E-state index contributed by atoms with van der Waals surface area (Å²) in [6.07, 6.45) is 3.26. The van der Waals surface area contributed by atoms with Crippen LogP contribution in [0.2, 0.25) is 0 Å². The molecule has 1 aromatic heterocycles. The normalized spacial score (nSPS) is 10.1. The molecule has 1 heterocycles. The third kappa shape index (κ3) is 1.64. The molecule has 0 aliphatic carbocycles. The number of imidazole rings is 1. The van der Waals surface area contributed by atoms with Crippen molar-refractivity contribution in [3.63, 3.8) is 0 Å². The molecular weight excluding hydrogens is 196 g/mol. The molecule has 0 saturated heterocycles. The molecule has 3 N–H and O–H groups in total. The summed E-state index contributed by atoms with van der Waals surface area (Å²) in [5, 5.41) is 10.5. The molecular formula is C9H8N4O2. The lowest BCUT2D eigenvalue weighted by Gasteiger charge is -2.01. The van der Waals surface area contributed by atoms with Crippen LogP contribution in [0.25, 0.3) is 11.4 Å². The maximum absolute atomic E-state index is 10.5. The Balaban J connectivity index is 2.48. The van der Waals surface area contributed by atoms with Crippen LogP contribution in [-0.4, -0.2) is 14.9 Å². The van der Waals surface area contributed by atoms with Gasteiger partial charge in [0.15, 0.2) is 0 Å². The van der Waals surface area contributed by atoms with Gasteiger partial charge in [-0.15, -0.1) is 0 Å². The molecule has 2 aromatic rings. The van der Waals surface area contributed by atoms with E-state index in [9.17, 15) is 10.1 Å². The van der Waals surface area contributed by atoms with E-state index in [-0.39, 0.29) is 5.69 Å². The summed E-state index contributed by atoms with van der Waals surface area (Å²) >= 11 is 0. The van der Waals surface area contributed by atoms with Gasteiger partial charge in [0.1, 0.15) is 5.82 Å². The van der Waals surface area contributed by atoms with Crippen molar-refractivity contribution in [1.29, 1.82) is 0 Å². The zero-order valence-electron chi connectivity index (χ0n) is 7.68. The predicted molar refractivity (Wildman–Crippen MR) is 55.1 cm³/mol. The van der Waals surface area contributed by atoms with Crippen molar-refractivity contribution >= 4 is 11.4 Å². The summed E-state index contributed by atoms with van der Waals surface area (Å²) in [6, 6.07) is 4.29. The predicted octanol–water partition coefficient (Wildman–Crippen LogP) is 1.57. The van der Waals surface area contributed by atoms with Crippen molar-refractivity contribution in [1.82, 2.24) is 9.97 Å². The molecule has 6 heteroatoms. The Morgan fingerprint density at radius 1 is 1.47 bits per heavy atom. The number of H-pyrrole nitrogens is 1. The van der Waals surface area contributed by atoms with Crippen molar-refractivity contribution in [2.24, 2.45) is 0 Å². The van der Waals surface area contributed by atoms with E-state index in [0.717, 1.165) is 0 Å². The van der Waals surface area contributed by atoms with Crippen molar-refractivity contribution < 1.29 is 4.92 Å². The third-order valence-electron chi connectivity index (χ3n) is 2.00. The first-order valence-electron chi connectivity index (χ1n) is 4.22. The molecule has 0 atom stereocenters. The van der Waals surface area contributed by atoms with Crippen LogP contribution in [0, 0.1) is 10.1 Å². The number of anilines is 1. The summed E-state index contributed by atoms with van der Waals surface area (Å²) < 4.78 is 0. The minimum absolute atomic E-state index is 0.0252. The number of nitrogens with one attached hydrogen (secondary N) is 1. The number of nitrogen functional groups attached to an aromatic ring is 1. The van der Waals surface area contributed by atoms with Gasteiger partial charge >= 0.3 is 0 Å². The molecule has 15 heavy (non-hydrogen) atoms. The van der Waals surface area contributed by atoms with E-state index in [4.69, 9.17) is 5.73 Å². The molecule has 0 unspecified atom stereocenters. The quantitative estimate of drug-likeness (QED) is 0.440. The molecule has 1 aromatic carbocycles. The van der Waals surface area contributed by atoms with Crippen molar-refractivity contribution in [2.75, 3.05) is 5.73 Å². The Bertz CT molecular complexity index is 493. The number of hydrogen-bond acceptors (Lipinski definition) is 4. The fraction of sp³-hybridized carbons (Fsp3) is 0. The van der Waals surface area contributed by atoms with E-state index in [1.165, 1.54) is 12.1 Å². The van der Waals surface area contributed by atoms with Crippen molar-refractivity contribution in [3.05, 3.63) is 40.7 Å². The average Bonchev–Trinajstić information content (AvgIpc) is 2.70. The highest BCUT2D eigenvalue weighted by Gasteiger charge is 2.10. The largest absolute Gasteiger partial charge is 0.398 e. The van der Waals surface area contributed by atoms with Gasteiger partial charge in [0, 0.05) is 35.8 Å². The van der Waals surface area contributed by atoms with Crippen molar-refractivity contribution in [3.8, 4) is 11.4 Å². The summed E-state index contributed by atoms with van der Waals surface area (Å²) in [6.45, 7) is 0. The minimum Gasteiger partial charge on any atom is -0.398 e. The Morgan fingerprint density at radius 3 is 2.80 bits per heavy atom. The average molecular weight is 204 g/mol. The number of aromatic nitrogens is 2. The van der Waals surface area contributed by atoms with Crippen LogP contribution < -0.4 is 5.73 Å². The zero-order valence-corrected chi connectivity index (χ0v) is 7.68. The van der Waals surface area contributed by atoms with E-state index in [0.29, 0.717) is 17.1 Å². The van der Waals surface area contributed by atoms with E-state index < -0.39 is 4.92 Å². The van der Waals surface area contributed by atoms with E-state index >= 15 is 0 Å². The SMILES string of the molecule is Nc1cc([N+](=O)[O-])ccc1-c1ncc[nH]1. The molecule has 0 spiro atoms. The summed E-state index contributed by atoms with van der Waals surface area (Å²) in [5.74, 6) is 0.599. The van der Waals surface area contributed by atoms with Gasteiger partial charge in [-0.05, 0) is 6.07 Å². The molecule has 0 fully saturated rings. The van der Waals surface area contributed by atoms with Crippen LogP contribution >= 0.6 is 0 Å². The zero-order chi connectivity index (χ0) is 10.8. The van der Waals surface area contributed by atoms with Crippen LogP contribution in [0.5, 0.6) is 0 Å². The van der Waals surface area contributed by atoms with Crippen LogP contribution in [0.3, 0.4) is 0 Å². The summed E-state index contributed by atoms with van der Waals surface area (Å²) in [5.41, 5.74) is 6.65. The van der Waals surface area contributed by atoms with E-state index in [1.54, 1.807) is 18.5 Å². The molecule has 0 amide bonds. The van der Waals surface area contributed by atoms with Gasteiger partial charge in [-0.3, -0.25) is 10.1 Å². The lowest BCUT2D eigenvalue weighted by Crippen LogP contribution is -1.94. The standard InChI is InChI=1S/C9H8N4O2/c10-8-5-6(13(14)15)1-2-7(8)9-11-3-4-12-9/h1-5H,10H2,(H,11,12). The second kappa shape index (κ2) is 3.41. The first-order valence-corrected chi connectivity index (χ1v) is 4.22. The maximum Gasteiger partial charge on any atom is 0.271 e. The van der Waals surface area contributed by atoms with Crippen LogP contribution in [0.4, 0.5) is 11.4 Å². The number of nitro benzene ring substituents is 1. The van der Waals surface area contributed by atoms with Gasteiger partial charge in [0.2, 0.25) is 0 Å². The highest BCUT2D eigenvalue weighted by atomic mass is 16.6. The van der Waals surface area contributed by atoms with Gasteiger partial charge in [-0.2, -0.15) is 0 Å². The van der Waals surface area contributed by atoms with Crippen LogP contribution in [0.15, 0.2) is 30.6 Å². The van der Waals surface area contributed by atoms with Gasteiger partial charge in [-0.1, -0.05) is 0 Å². The van der Waals surface area contributed by atoms with Gasteiger partial charge < -0.3 is 10.7 Å².